The van der Waals surface area contributed by atoms with Crippen LogP contribution >= 0.6 is 12.2 Å². The van der Waals surface area contributed by atoms with E-state index in [1.165, 1.54) is 38.5 Å². The van der Waals surface area contributed by atoms with Crippen LogP contribution in [0.2, 0.25) is 0 Å². The average molecular weight is 264 g/mol. The molecule has 1 aliphatic carbocycles. The number of rotatable bonds is 4. The molecule has 0 amide bonds. The summed E-state index contributed by atoms with van der Waals surface area (Å²) in [5.41, 5.74) is 7.34. The fourth-order valence-electron chi connectivity index (χ4n) is 2.32. The van der Waals surface area contributed by atoms with Gasteiger partial charge in [0.15, 0.2) is 0 Å². The van der Waals surface area contributed by atoms with E-state index in [-0.39, 0.29) is 0 Å². The molecule has 4 heteroatoms. The van der Waals surface area contributed by atoms with Gasteiger partial charge in [0.05, 0.1) is 18.4 Å². The quantitative estimate of drug-likeness (QED) is 0.671. The first-order valence-corrected chi connectivity index (χ1v) is 7.03. The standard InChI is InChI=1S/C14H20N2OS/c15-14(18)13-9-11(7-8-16-13)10-17-12-5-3-1-2-4-6-12/h7-9,12H,1-6,10H2,(H2,15,18). The molecule has 0 radical (unpaired) electrons. The summed E-state index contributed by atoms with van der Waals surface area (Å²) in [7, 11) is 0. The second-order valence-electron chi connectivity index (χ2n) is 4.84. The highest BCUT2D eigenvalue weighted by atomic mass is 32.1. The van der Waals surface area contributed by atoms with Crippen molar-refractivity contribution < 1.29 is 4.74 Å². The summed E-state index contributed by atoms with van der Waals surface area (Å²) >= 11 is 4.92. The van der Waals surface area contributed by atoms with Crippen molar-refractivity contribution in [3.05, 3.63) is 29.6 Å². The molecular formula is C14H20N2OS. The highest BCUT2D eigenvalue weighted by Crippen LogP contribution is 2.20. The molecule has 1 aromatic rings. The van der Waals surface area contributed by atoms with Crippen molar-refractivity contribution in [3.63, 3.8) is 0 Å². The van der Waals surface area contributed by atoms with Gasteiger partial charge in [-0.3, -0.25) is 4.98 Å². The SMILES string of the molecule is NC(=S)c1cc(COC2CCCCCC2)ccn1. The number of nitrogens with two attached hydrogens (primary N) is 1. The number of ether oxygens (including phenoxy) is 1. The van der Waals surface area contributed by atoms with Crippen molar-refractivity contribution in [2.75, 3.05) is 0 Å². The van der Waals surface area contributed by atoms with Crippen molar-refractivity contribution in [1.82, 2.24) is 4.98 Å². The van der Waals surface area contributed by atoms with Gasteiger partial charge >= 0.3 is 0 Å². The molecule has 0 unspecified atom stereocenters. The summed E-state index contributed by atoms with van der Waals surface area (Å²) < 4.78 is 5.97. The normalized spacial score (nSPS) is 17.3. The lowest BCUT2D eigenvalue weighted by Crippen LogP contribution is -2.14. The number of pyridine rings is 1. The Kier molecular flexibility index (Phi) is 5.08. The van der Waals surface area contributed by atoms with Gasteiger partial charge in [0.25, 0.3) is 0 Å². The van der Waals surface area contributed by atoms with E-state index in [4.69, 9.17) is 22.7 Å². The summed E-state index contributed by atoms with van der Waals surface area (Å²) in [5, 5.41) is 0. The van der Waals surface area contributed by atoms with Crippen LogP contribution in [0.3, 0.4) is 0 Å². The number of nitrogens with zero attached hydrogens (tertiary/aromatic N) is 1. The van der Waals surface area contributed by atoms with Crippen molar-refractivity contribution >= 4 is 17.2 Å². The van der Waals surface area contributed by atoms with Gasteiger partial charge in [-0.1, -0.05) is 37.9 Å². The highest BCUT2D eigenvalue weighted by molar-refractivity contribution is 7.80. The van der Waals surface area contributed by atoms with E-state index >= 15 is 0 Å². The predicted molar refractivity (Wildman–Crippen MR) is 76.4 cm³/mol. The molecule has 1 saturated carbocycles. The third-order valence-electron chi connectivity index (χ3n) is 3.36. The molecule has 3 nitrogen and oxygen atoms in total. The largest absolute Gasteiger partial charge is 0.388 e. The topological polar surface area (TPSA) is 48.1 Å². The Bertz CT molecular complexity index is 401. The molecule has 0 saturated heterocycles. The van der Waals surface area contributed by atoms with E-state index in [2.05, 4.69) is 4.98 Å². The predicted octanol–water partition coefficient (Wildman–Crippen LogP) is 2.96. The zero-order valence-electron chi connectivity index (χ0n) is 10.6. The van der Waals surface area contributed by atoms with Crippen LogP contribution in [-0.2, 0) is 11.3 Å². The molecule has 0 spiro atoms. The molecule has 18 heavy (non-hydrogen) atoms. The Morgan fingerprint density at radius 1 is 1.33 bits per heavy atom. The molecule has 0 atom stereocenters. The van der Waals surface area contributed by atoms with E-state index in [1.54, 1.807) is 6.20 Å². The van der Waals surface area contributed by atoms with Crippen molar-refractivity contribution in [2.24, 2.45) is 5.73 Å². The maximum absolute atomic E-state index is 5.97. The van der Waals surface area contributed by atoms with Gasteiger partial charge in [0, 0.05) is 6.20 Å². The number of thiocarbonyl (C=S) groups is 1. The van der Waals surface area contributed by atoms with Crippen LogP contribution in [0.1, 0.15) is 49.8 Å². The Balaban J connectivity index is 1.88. The fraction of sp³-hybridized carbons (Fsp3) is 0.571. The lowest BCUT2D eigenvalue weighted by atomic mass is 10.1. The summed E-state index contributed by atoms with van der Waals surface area (Å²) in [6.07, 6.45) is 9.80. The number of hydrogen-bond acceptors (Lipinski definition) is 3. The molecule has 1 aliphatic rings. The van der Waals surface area contributed by atoms with Crippen molar-refractivity contribution in [3.8, 4) is 0 Å². The first-order valence-electron chi connectivity index (χ1n) is 6.62. The third kappa shape index (κ3) is 4.03. The molecule has 2 N–H and O–H groups in total. The first-order chi connectivity index (χ1) is 8.75. The smallest absolute Gasteiger partial charge is 0.122 e. The maximum Gasteiger partial charge on any atom is 0.122 e. The van der Waals surface area contributed by atoms with Gasteiger partial charge < -0.3 is 10.5 Å². The van der Waals surface area contributed by atoms with E-state index in [9.17, 15) is 0 Å². The van der Waals surface area contributed by atoms with Crippen molar-refractivity contribution in [1.29, 1.82) is 0 Å². The molecular weight excluding hydrogens is 244 g/mol. The lowest BCUT2D eigenvalue weighted by Gasteiger charge is -2.15. The van der Waals surface area contributed by atoms with Gasteiger partial charge in [-0.15, -0.1) is 0 Å². The monoisotopic (exact) mass is 264 g/mol. The lowest BCUT2D eigenvalue weighted by molar-refractivity contribution is 0.0309. The number of hydrogen-bond donors (Lipinski definition) is 1. The van der Waals surface area contributed by atoms with E-state index in [0.29, 0.717) is 23.4 Å². The highest BCUT2D eigenvalue weighted by Gasteiger charge is 2.12. The second-order valence-corrected chi connectivity index (χ2v) is 5.28. The minimum atomic E-state index is 0.339. The van der Waals surface area contributed by atoms with Gasteiger partial charge in [-0.2, -0.15) is 0 Å². The summed E-state index contributed by atoms with van der Waals surface area (Å²) in [6, 6.07) is 3.87. The molecule has 1 heterocycles. The van der Waals surface area contributed by atoms with Crippen LogP contribution < -0.4 is 5.73 Å². The van der Waals surface area contributed by atoms with E-state index in [1.807, 2.05) is 12.1 Å². The zero-order valence-corrected chi connectivity index (χ0v) is 11.4. The Morgan fingerprint density at radius 3 is 2.72 bits per heavy atom. The summed E-state index contributed by atoms with van der Waals surface area (Å²) in [4.78, 5) is 4.47. The average Bonchev–Trinajstić information content (AvgIpc) is 2.65. The molecule has 98 valence electrons. The van der Waals surface area contributed by atoms with E-state index in [0.717, 1.165) is 5.56 Å². The molecule has 0 aliphatic heterocycles. The van der Waals surface area contributed by atoms with Crippen LogP contribution in [0.5, 0.6) is 0 Å². The Labute approximate surface area is 114 Å². The van der Waals surface area contributed by atoms with Gasteiger partial charge in [0.1, 0.15) is 4.99 Å². The maximum atomic E-state index is 5.97. The van der Waals surface area contributed by atoms with Crippen LogP contribution in [0.25, 0.3) is 0 Å². The van der Waals surface area contributed by atoms with Gasteiger partial charge in [0.2, 0.25) is 0 Å². The molecule has 1 fully saturated rings. The van der Waals surface area contributed by atoms with Crippen LogP contribution in [0, 0.1) is 0 Å². The van der Waals surface area contributed by atoms with Crippen LogP contribution in [0.15, 0.2) is 18.3 Å². The fourth-order valence-corrected chi connectivity index (χ4v) is 2.43. The minimum Gasteiger partial charge on any atom is -0.388 e. The molecule has 0 aromatic carbocycles. The third-order valence-corrected chi connectivity index (χ3v) is 3.57. The summed E-state index contributed by atoms with van der Waals surface area (Å²) in [5.74, 6) is 0. The van der Waals surface area contributed by atoms with Crippen LogP contribution in [0.4, 0.5) is 0 Å². The minimum absolute atomic E-state index is 0.339. The Hall–Kier alpha value is -1.00. The second kappa shape index (κ2) is 6.81. The summed E-state index contributed by atoms with van der Waals surface area (Å²) in [6.45, 7) is 0.628. The van der Waals surface area contributed by atoms with Gasteiger partial charge in [-0.25, -0.2) is 0 Å². The first kappa shape index (κ1) is 13.4. The van der Waals surface area contributed by atoms with Gasteiger partial charge in [-0.05, 0) is 30.5 Å². The molecule has 0 bridgehead atoms. The van der Waals surface area contributed by atoms with Crippen LogP contribution in [-0.4, -0.2) is 16.1 Å². The Morgan fingerprint density at radius 2 is 2.06 bits per heavy atom. The number of aromatic nitrogens is 1. The van der Waals surface area contributed by atoms with Crippen molar-refractivity contribution in [2.45, 2.75) is 51.2 Å². The van der Waals surface area contributed by atoms with E-state index < -0.39 is 0 Å². The molecule has 1 aromatic heterocycles. The molecule has 2 rings (SSSR count). The zero-order chi connectivity index (χ0) is 12.8.